The summed E-state index contributed by atoms with van der Waals surface area (Å²) >= 11 is 0. The molecular weight excluding hydrogens is 246 g/mol. The van der Waals surface area contributed by atoms with E-state index in [0.29, 0.717) is 25.1 Å². The van der Waals surface area contributed by atoms with Gasteiger partial charge in [0.2, 0.25) is 0 Å². The maximum absolute atomic E-state index is 13.0. The van der Waals surface area contributed by atoms with Gasteiger partial charge in [0, 0.05) is 18.3 Å². The lowest BCUT2D eigenvalue weighted by molar-refractivity contribution is 0.577. The zero-order valence-electron chi connectivity index (χ0n) is 10.8. The Bertz CT molecular complexity index is 535. The molecule has 0 radical (unpaired) electrons. The molecule has 0 fully saturated rings. The summed E-state index contributed by atoms with van der Waals surface area (Å²) in [6.07, 6.45) is 0.584. The third-order valence-electron chi connectivity index (χ3n) is 2.76. The zero-order chi connectivity index (χ0) is 13.7. The predicted molar refractivity (Wildman–Crippen MR) is 70.7 cm³/mol. The van der Waals surface area contributed by atoms with E-state index in [4.69, 9.17) is 0 Å². The van der Waals surface area contributed by atoms with Crippen LogP contribution in [0.2, 0.25) is 0 Å². The van der Waals surface area contributed by atoms with Crippen molar-refractivity contribution in [3.05, 3.63) is 65.0 Å². The summed E-state index contributed by atoms with van der Waals surface area (Å²) in [5, 5.41) is 3.21. The van der Waals surface area contributed by atoms with E-state index < -0.39 is 11.6 Å². The Labute approximate surface area is 111 Å². The van der Waals surface area contributed by atoms with Gasteiger partial charge in [-0.25, -0.2) is 8.78 Å². The molecular formula is C15H16F2N2. The topological polar surface area (TPSA) is 24.9 Å². The molecule has 100 valence electrons. The average molecular weight is 262 g/mol. The number of nitrogens with zero attached hydrogens (tertiary/aromatic N) is 1. The predicted octanol–water partition coefficient (Wildman–Crippen LogP) is 3.00. The number of halogens is 2. The molecule has 0 aliphatic rings. The Hall–Kier alpha value is -1.81. The fourth-order valence-corrected chi connectivity index (χ4v) is 1.90. The largest absolute Gasteiger partial charge is 0.311 e. The molecule has 1 aromatic carbocycles. The molecule has 1 aromatic heterocycles. The third-order valence-corrected chi connectivity index (χ3v) is 2.76. The molecule has 0 amide bonds. The summed E-state index contributed by atoms with van der Waals surface area (Å²) in [4.78, 5) is 4.36. The molecule has 0 bridgehead atoms. The maximum Gasteiger partial charge on any atom is 0.126 e. The van der Waals surface area contributed by atoms with Crippen LogP contribution in [0, 0.1) is 18.6 Å². The Morgan fingerprint density at radius 3 is 2.53 bits per heavy atom. The van der Waals surface area contributed by atoms with Gasteiger partial charge in [0.1, 0.15) is 11.6 Å². The highest BCUT2D eigenvalue weighted by molar-refractivity contribution is 5.18. The van der Waals surface area contributed by atoms with Gasteiger partial charge in [0.25, 0.3) is 0 Å². The lowest BCUT2D eigenvalue weighted by Crippen LogP contribution is -2.17. The van der Waals surface area contributed by atoms with Crippen molar-refractivity contribution in [2.75, 3.05) is 6.54 Å². The number of aromatic nitrogens is 1. The van der Waals surface area contributed by atoms with Gasteiger partial charge >= 0.3 is 0 Å². The van der Waals surface area contributed by atoms with E-state index in [-0.39, 0.29) is 0 Å². The normalized spacial score (nSPS) is 10.7. The van der Waals surface area contributed by atoms with Crippen molar-refractivity contribution in [2.24, 2.45) is 0 Å². The van der Waals surface area contributed by atoms with Crippen molar-refractivity contribution < 1.29 is 8.78 Å². The van der Waals surface area contributed by atoms with Crippen molar-refractivity contribution in [1.82, 2.24) is 10.3 Å². The van der Waals surface area contributed by atoms with Crippen molar-refractivity contribution in [3.63, 3.8) is 0 Å². The molecule has 0 spiro atoms. The summed E-state index contributed by atoms with van der Waals surface area (Å²) in [6, 6.07) is 9.45. The first-order chi connectivity index (χ1) is 9.13. The first-order valence-electron chi connectivity index (χ1n) is 6.22. The zero-order valence-corrected chi connectivity index (χ0v) is 10.8. The number of hydrogen-bond acceptors (Lipinski definition) is 2. The summed E-state index contributed by atoms with van der Waals surface area (Å²) < 4.78 is 26.0. The van der Waals surface area contributed by atoms with Gasteiger partial charge in [0.05, 0.1) is 5.69 Å². The summed E-state index contributed by atoms with van der Waals surface area (Å²) in [5.41, 5.74) is 2.60. The van der Waals surface area contributed by atoms with Crippen LogP contribution in [0.4, 0.5) is 8.78 Å². The fraction of sp³-hybridized carbons (Fsp3) is 0.267. The highest BCUT2D eigenvalue weighted by atomic mass is 19.1. The highest BCUT2D eigenvalue weighted by Crippen LogP contribution is 2.08. The van der Waals surface area contributed by atoms with E-state index in [9.17, 15) is 8.78 Å². The van der Waals surface area contributed by atoms with Gasteiger partial charge in [-0.05, 0) is 49.7 Å². The molecule has 0 aliphatic carbocycles. The van der Waals surface area contributed by atoms with Gasteiger partial charge < -0.3 is 5.32 Å². The molecule has 4 heteroatoms. The Kier molecular flexibility index (Phi) is 4.58. The van der Waals surface area contributed by atoms with Crippen molar-refractivity contribution >= 4 is 0 Å². The molecule has 2 rings (SSSR count). The van der Waals surface area contributed by atoms with Crippen LogP contribution in [0.5, 0.6) is 0 Å². The molecule has 0 saturated heterocycles. The molecule has 1 N–H and O–H groups in total. The van der Waals surface area contributed by atoms with Crippen molar-refractivity contribution in [3.8, 4) is 0 Å². The van der Waals surface area contributed by atoms with Crippen LogP contribution < -0.4 is 5.32 Å². The lowest BCUT2D eigenvalue weighted by atomic mass is 10.1. The summed E-state index contributed by atoms with van der Waals surface area (Å²) in [7, 11) is 0. The van der Waals surface area contributed by atoms with Gasteiger partial charge in [-0.3, -0.25) is 4.98 Å². The van der Waals surface area contributed by atoms with E-state index >= 15 is 0 Å². The molecule has 0 aliphatic heterocycles. The van der Waals surface area contributed by atoms with Crippen molar-refractivity contribution in [1.29, 1.82) is 0 Å². The SMILES string of the molecule is Cc1cccc(CNCCc2cc(F)cc(F)c2)n1. The van der Waals surface area contributed by atoms with Gasteiger partial charge in [-0.2, -0.15) is 0 Å². The van der Waals surface area contributed by atoms with Crippen LogP contribution in [0.1, 0.15) is 17.0 Å². The first kappa shape index (κ1) is 13.6. The van der Waals surface area contributed by atoms with E-state index in [1.807, 2.05) is 25.1 Å². The second-order valence-corrected chi connectivity index (χ2v) is 4.47. The fourth-order valence-electron chi connectivity index (χ4n) is 1.90. The van der Waals surface area contributed by atoms with Crippen LogP contribution in [-0.4, -0.2) is 11.5 Å². The molecule has 1 heterocycles. The number of pyridine rings is 1. The number of hydrogen-bond donors (Lipinski definition) is 1. The van der Waals surface area contributed by atoms with E-state index in [1.54, 1.807) is 0 Å². The lowest BCUT2D eigenvalue weighted by Gasteiger charge is -2.05. The van der Waals surface area contributed by atoms with E-state index in [2.05, 4.69) is 10.3 Å². The van der Waals surface area contributed by atoms with Crippen molar-refractivity contribution in [2.45, 2.75) is 19.9 Å². The Balaban J connectivity index is 1.80. The van der Waals surface area contributed by atoms with Crippen LogP contribution in [0.15, 0.2) is 36.4 Å². The van der Waals surface area contributed by atoms with E-state index in [0.717, 1.165) is 17.5 Å². The van der Waals surface area contributed by atoms with Crippen LogP contribution in [-0.2, 0) is 13.0 Å². The first-order valence-corrected chi connectivity index (χ1v) is 6.22. The number of benzene rings is 1. The van der Waals surface area contributed by atoms with Gasteiger partial charge in [-0.1, -0.05) is 6.07 Å². The number of nitrogens with one attached hydrogen (secondary N) is 1. The average Bonchev–Trinajstić information content (AvgIpc) is 2.34. The smallest absolute Gasteiger partial charge is 0.126 e. The molecule has 19 heavy (non-hydrogen) atoms. The van der Waals surface area contributed by atoms with Crippen LogP contribution in [0.3, 0.4) is 0 Å². The molecule has 0 unspecified atom stereocenters. The number of aryl methyl sites for hydroxylation is 1. The molecule has 0 atom stereocenters. The molecule has 0 saturated carbocycles. The minimum absolute atomic E-state index is 0.532. The molecule has 2 aromatic rings. The Morgan fingerprint density at radius 2 is 1.84 bits per heavy atom. The quantitative estimate of drug-likeness (QED) is 0.838. The van der Waals surface area contributed by atoms with Crippen LogP contribution in [0.25, 0.3) is 0 Å². The standard InChI is InChI=1S/C15H16F2N2/c1-11-3-2-4-15(19-11)10-18-6-5-12-7-13(16)9-14(17)8-12/h2-4,7-9,18H,5-6,10H2,1H3. The highest BCUT2D eigenvalue weighted by Gasteiger charge is 2.00. The third kappa shape index (κ3) is 4.41. The second-order valence-electron chi connectivity index (χ2n) is 4.47. The summed E-state index contributed by atoms with van der Waals surface area (Å²) in [6.45, 7) is 3.25. The summed E-state index contributed by atoms with van der Waals surface area (Å²) in [5.74, 6) is -1.06. The van der Waals surface area contributed by atoms with Gasteiger partial charge in [-0.15, -0.1) is 0 Å². The van der Waals surface area contributed by atoms with E-state index in [1.165, 1.54) is 12.1 Å². The van der Waals surface area contributed by atoms with Gasteiger partial charge in [0.15, 0.2) is 0 Å². The molecule has 2 nitrogen and oxygen atoms in total. The monoisotopic (exact) mass is 262 g/mol. The Morgan fingerprint density at radius 1 is 1.11 bits per heavy atom. The van der Waals surface area contributed by atoms with Crippen LogP contribution >= 0.6 is 0 Å². The minimum Gasteiger partial charge on any atom is -0.311 e. The minimum atomic E-state index is -0.532. The second kappa shape index (κ2) is 6.38. The number of rotatable bonds is 5. The maximum atomic E-state index is 13.0.